The quantitative estimate of drug-likeness (QED) is 0.269. The fraction of sp³-hybridized carbons (Fsp3) is 0.269. The predicted octanol–water partition coefficient (Wildman–Crippen LogP) is 3.63. The monoisotopic (exact) mass is 596 g/mol. The molecule has 9 nitrogen and oxygen atoms in total. The molecule has 0 aliphatic heterocycles. The van der Waals surface area contributed by atoms with Gasteiger partial charge in [-0.1, -0.05) is 23.7 Å². The Morgan fingerprint density at radius 3 is 2.55 bits per heavy atom. The van der Waals surface area contributed by atoms with Crippen LogP contribution in [0.4, 0.5) is 13.2 Å². The van der Waals surface area contributed by atoms with Gasteiger partial charge in [0, 0.05) is 35.7 Å². The number of benzene rings is 1. The fourth-order valence-electron chi connectivity index (χ4n) is 4.31. The molecule has 1 fully saturated rings. The molecular formula is C26H24ClF3N4O5S. The highest BCUT2D eigenvalue weighted by Crippen LogP contribution is 2.55. The van der Waals surface area contributed by atoms with Crippen molar-refractivity contribution in [2.24, 2.45) is 4.99 Å². The van der Waals surface area contributed by atoms with Crippen LogP contribution < -0.4 is 5.56 Å². The first-order valence-electron chi connectivity index (χ1n) is 11.8. The van der Waals surface area contributed by atoms with E-state index >= 15 is 8.78 Å². The van der Waals surface area contributed by atoms with Crippen molar-refractivity contribution in [1.82, 2.24) is 14.3 Å². The first-order chi connectivity index (χ1) is 18.8. The molecule has 3 unspecified atom stereocenters. The number of aliphatic hydroxyl groups is 3. The summed E-state index contributed by atoms with van der Waals surface area (Å²) in [5.41, 5.74) is -0.681. The highest BCUT2D eigenvalue weighted by molar-refractivity contribution is 7.84. The van der Waals surface area contributed by atoms with E-state index in [-0.39, 0.29) is 37.5 Å². The second kappa shape index (κ2) is 11.3. The molecule has 3 N–H and O–H groups in total. The summed E-state index contributed by atoms with van der Waals surface area (Å²) in [6, 6.07) is 6.48. The lowest BCUT2D eigenvalue weighted by atomic mass is 10.1. The number of pyridine rings is 1. The Bertz CT molecular complexity index is 1660. The van der Waals surface area contributed by atoms with Crippen LogP contribution in [-0.2, 0) is 16.9 Å². The van der Waals surface area contributed by atoms with Gasteiger partial charge in [-0.25, -0.2) is 8.78 Å². The van der Waals surface area contributed by atoms with E-state index in [9.17, 15) is 28.7 Å². The average molecular weight is 597 g/mol. The van der Waals surface area contributed by atoms with E-state index in [0.29, 0.717) is 12.0 Å². The molecule has 0 saturated heterocycles. The van der Waals surface area contributed by atoms with Crippen molar-refractivity contribution in [3.8, 4) is 0 Å². The first kappa shape index (κ1) is 29.6. The van der Waals surface area contributed by atoms with E-state index < -0.39 is 51.7 Å². The van der Waals surface area contributed by atoms with E-state index in [2.05, 4.69) is 10.1 Å². The number of hydrogen-bond donors (Lipinski definition) is 3. The second-order valence-electron chi connectivity index (χ2n) is 9.09. The van der Waals surface area contributed by atoms with Crippen molar-refractivity contribution in [1.29, 1.82) is 0 Å². The Morgan fingerprint density at radius 1 is 1.25 bits per heavy atom. The van der Waals surface area contributed by atoms with Crippen LogP contribution in [-0.4, -0.2) is 45.8 Å². The third-order valence-electron chi connectivity index (χ3n) is 6.29. The van der Waals surface area contributed by atoms with Crippen molar-refractivity contribution in [3.63, 3.8) is 0 Å². The summed E-state index contributed by atoms with van der Waals surface area (Å²) in [7, 11) is -1.68. The van der Waals surface area contributed by atoms with Crippen LogP contribution in [0, 0.1) is 18.7 Å². The van der Waals surface area contributed by atoms with Crippen molar-refractivity contribution in [2.75, 3.05) is 6.26 Å². The molecule has 3 atom stereocenters. The van der Waals surface area contributed by atoms with E-state index in [4.69, 9.17) is 11.6 Å². The number of aliphatic imine (C=N–C) groups is 1. The highest BCUT2D eigenvalue weighted by atomic mass is 35.5. The van der Waals surface area contributed by atoms with Gasteiger partial charge >= 0.3 is 6.10 Å². The zero-order valence-corrected chi connectivity index (χ0v) is 22.9. The van der Waals surface area contributed by atoms with Gasteiger partial charge in [-0.2, -0.15) is 14.2 Å². The minimum Gasteiger partial charge on any atom is -0.324 e. The molecule has 0 spiro atoms. The molecule has 0 amide bonds. The van der Waals surface area contributed by atoms with Gasteiger partial charge in [0.2, 0.25) is 5.95 Å². The van der Waals surface area contributed by atoms with Crippen LogP contribution in [0.2, 0.25) is 5.02 Å². The van der Waals surface area contributed by atoms with Gasteiger partial charge in [0.15, 0.2) is 5.83 Å². The highest BCUT2D eigenvalue weighted by Gasteiger charge is 2.44. The third-order valence-corrected chi connectivity index (χ3v) is 7.61. The predicted molar refractivity (Wildman–Crippen MR) is 143 cm³/mol. The summed E-state index contributed by atoms with van der Waals surface area (Å²) >= 11 is 6.37. The fourth-order valence-corrected chi connectivity index (χ4v) is 5.23. The number of halogens is 4. The van der Waals surface area contributed by atoms with Gasteiger partial charge in [-0.15, -0.1) is 0 Å². The smallest absolute Gasteiger partial charge is 0.324 e. The largest absolute Gasteiger partial charge is 0.391 e. The van der Waals surface area contributed by atoms with Crippen LogP contribution in [0.1, 0.15) is 47.7 Å². The number of aromatic nitrogens is 3. The maximum absolute atomic E-state index is 15.6. The number of hydrogen-bond acceptors (Lipinski definition) is 7. The van der Waals surface area contributed by atoms with Gasteiger partial charge in [-0.3, -0.25) is 18.6 Å². The van der Waals surface area contributed by atoms with E-state index in [1.807, 2.05) is 0 Å². The molecule has 212 valence electrons. The molecule has 14 heteroatoms. The maximum Gasteiger partial charge on any atom is 0.391 e. The minimum atomic E-state index is -3.52. The molecule has 0 radical (unpaired) electrons. The van der Waals surface area contributed by atoms with Gasteiger partial charge in [0.25, 0.3) is 5.56 Å². The second-order valence-corrected chi connectivity index (χ2v) is 10.8. The molecule has 1 aliphatic rings. The molecule has 2 aromatic heterocycles. The van der Waals surface area contributed by atoms with Crippen molar-refractivity contribution in [3.05, 3.63) is 98.1 Å². The van der Waals surface area contributed by atoms with Crippen LogP contribution in [0.25, 0.3) is 6.20 Å². The minimum absolute atomic E-state index is 0.000321. The summed E-state index contributed by atoms with van der Waals surface area (Å²) in [6.45, 7) is 3.15. The normalized spacial score (nSPS) is 18.9. The number of allylic oxidation sites excluding steroid dienone is 2. The zero-order valence-electron chi connectivity index (χ0n) is 21.3. The van der Waals surface area contributed by atoms with Crippen LogP contribution in [0.5, 0.6) is 0 Å². The van der Waals surface area contributed by atoms with Crippen LogP contribution in [0.3, 0.4) is 0 Å². The molecule has 1 aromatic carbocycles. The summed E-state index contributed by atoms with van der Waals surface area (Å²) in [6.07, 6.45) is 1.73. The average Bonchev–Trinajstić information content (AvgIpc) is 3.57. The Labute approximate surface area is 233 Å². The Kier molecular flexibility index (Phi) is 8.33. The topological polar surface area (TPSA) is 130 Å². The van der Waals surface area contributed by atoms with Gasteiger partial charge < -0.3 is 15.3 Å². The summed E-state index contributed by atoms with van der Waals surface area (Å²) < 4.78 is 57.5. The number of nitrogens with zero attached hydrogens (tertiary/aromatic N) is 4. The first-order valence-corrected chi connectivity index (χ1v) is 13.7. The molecule has 1 saturated carbocycles. The van der Waals surface area contributed by atoms with E-state index in [1.165, 1.54) is 43.7 Å². The van der Waals surface area contributed by atoms with Crippen LogP contribution >= 0.6 is 11.6 Å². The standard InChI is InChI=1S/C26H24ClF3N4O5S/c1-4-8-31-24(14-6-5-7-20(23(14)30)40(3)39)18(28)12-33-13(2)9-17(22(27)25(33)35)15-10-16(15)19-11-21(29)34(32-19)26(36,37)38/h4-9,11-12,15-16,36-38H,10H2,1-3H3/b8-4+,18-12-,31-24+. The van der Waals surface area contributed by atoms with E-state index in [0.717, 1.165) is 16.8 Å². The maximum atomic E-state index is 15.6. The lowest BCUT2D eigenvalue weighted by molar-refractivity contribution is -0.384. The number of rotatable bonds is 8. The third kappa shape index (κ3) is 5.74. The zero-order chi connectivity index (χ0) is 29.5. The summed E-state index contributed by atoms with van der Waals surface area (Å²) in [4.78, 5) is 17.0. The van der Waals surface area contributed by atoms with Gasteiger partial charge in [0.1, 0.15) is 16.6 Å². The molecule has 2 heterocycles. The summed E-state index contributed by atoms with van der Waals surface area (Å²) in [5.74, 6) is -3.97. The van der Waals surface area contributed by atoms with Gasteiger partial charge in [-0.05, 0) is 49.9 Å². The Hall–Kier alpha value is -3.36. The van der Waals surface area contributed by atoms with E-state index in [1.54, 1.807) is 13.0 Å². The molecule has 4 rings (SSSR count). The van der Waals surface area contributed by atoms with Crippen molar-refractivity contribution < 1.29 is 32.7 Å². The van der Waals surface area contributed by atoms with Crippen molar-refractivity contribution >= 4 is 34.3 Å². The number of aryl methyl sites for hydroxylation is 1. The van der Waals surface area contributed by atoms with Gasteiger partial charge in [0.05, 0.1) is 27.6 Å². The molecule has 0 bridgehead atoms. The Balaban J connectivity index is 1.71. The van der Waals surface area contributed by atoms with Crippen molar-refractivity contribution in [2.45, 2.75) is 43.1 Å². The molecular weight excluding hydrogens is 573 g/mol. The molecule has 3 aromatic rings. The lowest BCUT2D eigenvalue weighted by Gasteiger charge is -2.13. The molecule has 1 aliphatic carbocycles. The van der Waals surface area contributed by atoms with Crippen LogP contribution in [0.15, 0.2) is 63.1 Å². The SMILES string of the molecule is C/C=C/N=C(/C(F)=C/n1c(C)cc(C2CC2c2cc(F)n(C(O)(O)O)n2)c(Cl)c1=O)c1cccc(S(C)=O)c1F. The Morgan fingerprint density at radius 2 is 1.95 bits per heavy atom. The molecule has 40 heavy (non-hydrogen) atoms. The lowest BCUT2D eigenvalue weighted by Crippen LogP contribution is -2.34. The summed E-state index contributed by atoms with van der Waals surface area (Å²) in [5, 5.41) is 31.1.